The van der Waals surface area contributed by atoms with Gasteiger partial charge in [-0.25, -0.2) is 9.18 Å². The lowest BCUT2D eigenvalue weighted by Crippen LogP contribution is -2.32. The molecule has 0 fully saturated rings. The summed E-state index contributed by atoms with van der Waals surface area (Å²) in [6.07, 6.45) is 0. The lowest BCUT2D eigenvalue weighted by atomic mass is 10.2. The highest BCUT2D eigenvalue weighted by Gasteiger charge is 2.06. The summed E-state index contributed by atoms with van der Waals surface area (Å²) in [7, 11) is 0. The molecule has 2 aromatic rings. The molecule has 23 heavy (non-hydrogen) atoms. The monoisotopic (exact) mass is 333 g/mol. The third kappa shape index (κ3) is 4.87. The van der Waals surface area contributed by atoms with E-state index in [1.807, 2.05) is 6.07 Å². The average Bonchev–Trinajstić information content (AvgIpc) is 2.53. The maximum absolute atomic E-state index is 12.9. The van der Waals surface area contributed by atoms with E-state index in [0.29, 0.717) is 17.0 Å². The highest BCUT2D eigenvalue weighted by atomic mass is 35.5. The molecule has 0 saturated heterocycles. The van der Waals surface area contributed by atoms with Gasteiger partial charge in [0.1, 0.15) is 24.2 Å². The number of carbonyl (C=O) groups excluding carboxylic acids is 1. The Labute approximate surface area is 137 Å². The van der Waals surface area contributed by atoms with Crippen LogP contribution < -0.4 is 15.4 Å². The van der Waals surface area contributed by atoms with Crippen LogP contribution in [0.2, 0.25) is 5.02 Å². The predicted octanol–water partition coefficient (Wildman–Crippen LogP) is 3.55. The Kier molecular flexibility index (Phi) is 5.78. The number of anilines is 1. The molecule has 0 aliphatic heterocycles. The van der Waals surface area contributed by atoms with E-state index in [1.54, 1.807) is 24.3 Å². The third-order valence-corrected chi connectivity index (χ3v) is 3.13. The van der Waals surface area contributed by atoms with Crippen molar-refractivity contribution in [3.63, 3.8) is 0 Å². The largest absolute Gasteiger partial charge is 0.490 e. The predicted molar refractivity (Wildman–Crippen MR) is 85.1 cm³/mol. The van der Waals surface area contributed by atoms with Crippen molar-refractivity contribution in [3.05, 3.63) is 58.9 Å². The smallest absolute Gasteiger partial charge is 0.319 e. The number of halogens is 2. The lowest BCUT2D eigenvalue weighted by Gasteiger charge is -2.10. The van der Waals surface area contributed by atoms with Gasteiger partial charge in [-0.3, -0.25) is 0 Å². The molecule has 0 bridgehead atoms. The summed E-state index contributed by atoms with van der Waals surface area (Å²) in [5, 5.41) is 14.3. The summed E-state index contributed by atoms with van der Waals surface area (Å²) in [6.45, 7) is 0.382. The van der Waals surface area contributed by atoms with Gasteiger partial charge in [0.2, 0.25) is 0 Å². The number of nitrogens with one attached hydrogen (secondary N) is 2. The molecule has 0 aliphatic rings. The van der Waals surface area contributed by atoms with Crippen LogP contribution in [0.5, 0.6) is 5.75 Å². The molecule has 0 radical (unpaired) electrons. The molecule has 5 nitrogen and oxygen atoms in total. The fourth-order valence-electron chi connectivity index (χ4n) is 1.77. The summed E-state index contributed by atoms with van der Waals surface area (Å²) in [4.78, 5) is 11.7. The van der Waals surface area contributed by atoms with E-state index in [2.05, 4.69) is 10.6 Å². The van der Waals surface area contributed by atoms with Crippen LogP contribution in [0.15, 0.2) is 42.5 Å². The molecule has 2 amide bonds. The minimum absolute atomic E-state index is 0.164. The summed E-state index contributed by atoms with van der Waals surface area (Å²) in [5.41, 5.74) is 0.798. The number of hydrogen-bond acceptors (Lipinski definition) is 3. The SMILES string of the molecule is N#Cc1ccccc1NC(=O)NCCOc1ccc(F)cc1Cl. The van der Waals surface area contributed by atoms with E-state index < -0.39 is 11.8 Å². The van der Waals surface area contributed by atoms with Gasteiger partial charge in [-0.2, -0.15) is 5.26 Å². The van der Waals surface area contributed by atoms with E-state index in [4.69, 9.17) is 21.6 Å². The summed E-state index contributed by atoms with van der Waals surface area (Å²) in [5.74, 6) is -0.110. The van der Waals surface area contributed by atoms with E-state index in [-0.39, 0.29) is 18.2 Å². The van der Waals surface area contributed by atoms with Gasteiger partial charge in [-0.1, -0.05) is 23.7 Å². The van der Waals surface area contributed by atoms with E-state index in [0.717, 1.165) is 6.07 Å². The highest BCUT2D eigenvalue weighted by Crippen LogP contribution is 2.24. The number of rotatable bonds is 5. The molecule has 0 aromatic heterocycles. The van der Waals surface area contributed by atoms with E-state index >= 15 is 0 Å². The van der Waals surface area contributed by atoms with Gasteiger partial charge in [-0.15, -0.1) is 0 Å². The Morgan fingerprint density at radius 1 is 1.30 bits per heavy atom. The van der Waals surface area contributed by atoms with E-state index in [1.165, 1.54) is 12.1 Å². The molecule has 0 unspecified atom stereocenters. The Bertz CT molecular complexity index is 746. The van der Waals surface area contributed by atoms with Crippen molar-refractivity contribution in [2.75, 3.05) is 18.5 Å². The first kappa shape index (κ1) is 16.6. The van der Waals surface area contributed by atoms with Crippen LogP contribution in [0.25, 0.3) is 0 Å². The highest BCUT2D eigenvalue weighted by molar-refractivity contribution is 6.32. The van der Waals surface area contributed by atoms with Crippen LogP contribution in [0, 0.1) is 17.1 Å². The molecule has 2 N–H and O–H groups in total. The first-order valence-electron chi connectivity index (χ1n) is 6.72. The number of amides is 2. The van der Waals surface area contributed by atoms with Crippen molar-refractivity contribution in [2.24, 2.45) is 0 Å². The first-order valence-corrected chi connectivity index (χ1v) is 7.10. The van der Waals surface area contributed by atoms with E-state index in [9.17, 15) is 9.18 Å². The molecule has 0 heterocycles. The minimum Gasteiger partial charge on any atom is -0.490 e. The van der Waals surface area contributed by atoms with Gasteiger partial charge in [0.25, 0.3) is 0 Å². The molecule has 0 spiro atoms. The zero-order valence-electron chi connectivity index (χ0n) is 12.0. The number of urea groups is 1. The average molecular weight is 334 g/mol. The molecule has 118 valence electrons. The van der Waals surface area contributed by atoms with Crippen LogP contribution in [0.3, 0.4) is 0 Å². The normalized spacial score (nSPS) is 9.78. The van der Waals surface area contributed by atoms with Crippen LogP contribution in [-0.4, -0.2) is 19.2 Å². The second kappa shape index (κ2) is 8.01. The van der Waals surface area contributed by atoms with Crippen LogP contribution in [0.4, 0.5) is 14.9 Å². The molecule has 0 aliphatic carbocycles. The first-order chi connectivity index (χ1) is 11.1. The summed E-state index contributed by atoms with van der Waals surface area (Å²) in [6, 6.07) is 12.0. The van der Waals surface area contributed by atoms with Gasteiger partial charge in [0.15, 0.2) is 0 Å². The fourth-order valence-corrected chi connectivity index (χ4v) is 2.00. The number of hydrogen-bond donors (Lipinski definition) is 2. The zero-order valence-corrected chi connectivity index (χ0v) is 12.7. The Morgan fingerprint density at radius 3 is 2.83 bits per heavy atom. The van der Waals surface area contributed by atoms with Crippen molar-refractivity contribution in [2.45, 2.75) is 0 Å². The number of nitrogens with zero attached hydrogens (tertiary/aromatic N) is 1. The third-order valence-electron chi connectivity index (χ3n) is 2.83. The van der Waals surface area contributed by atoms with Gasteiger partial charge in [0, 0.05) is 0 Å². The standard InChI is InChI=1S/C16H13ClFN3O2/c17-13-9-12(18)5-6-15(13)23-8-7-20-16(22)21-14-4-2-1-3-11(14)10-19/h1-6,9H,7-8H2,(H2,20,21,22). The fraction of sp³-hybridized carbons (Fsp3) is 0.125. The van der Waals surface area contributed by atoms with Gasteiger partial charge in [0.05, 0.1) is 22.8 Å². The summed E-state index contributed by atoms with van der Waals surface area (Å²) >= 11 is 5.82. The Balaban J connectivity index is 1.78. The van der Waals surface area contributed by atoms with Gasteiger partial charge in [-0.05, 0) is 30.3 Å². The molecule has 7 heteroatoms. The second-order valence-electron chi connectivity index (χ2n) is 4.46. The molecule has 2 aromatic carbocycles. The number of ether oxygens (including phenoxy) is 1. The topological polar surface area (TPSA) is 74.2 Å². The Morgan fingerprint density at radius 2 is 2.09 bits per heavy atom. The van der Waals surface area contributed by atoms with Crippen LogP contribution in [0.1, 0.15) is 5.56 Å². The van der Waals surface area contributed by atoms with Crippen molar-refractivity contribution in [1.82, 2.24) is 5.32 Å². The van der Waals surface area contributed by atoms with Gasteiger partial charge < -0.3 is 15.4 Å². The maximum Gasteiger partial charge on any atom is 0.319 e. The minimum atomic E-state index is -0.457. The van der Waals surface area contributed by atoms with Crippen molar-refractivity contribution >= 4 is 23.3 Å². The number of carbonyl (C=O) groups is 1. The quantitative estimate of drug-likeness (QED) is 0.822. The van der Waals surface area contributed by atoms with Gasteiger partial charge >= 0.3 is 6.03 Å². The number of para-hydroxylation sites is 1. The van der Waals surface area contributed by atoms with Crippen LogP contribution in [-0.2, 0) is 0 Å². The van der Waals surface area contributed by atoms with Crippen molar-refractivity contribution in [1.29, 1.82) is 5.26 Å². The van der Waals surface area contributed by atoms with Crippen molar-refractivity contribution < 1.29 is 13.9 Å². The zero-order chi connectivity index (χ0) is 16.7. The summed E-state index contributed by atoms with van der Waals surface area (Å²) < 4.78 is 18.2. The molecule has 0 saturated carbocycles. The van der Waals surface area contributed by atoms with Crippen LogP contribution >= 0.6 is 11.6 Å². The maximum atomic E-state index is 12.9. The lowest BCUT2D eigenvalue weighted by molar-refractivity contribution is 0.247. The molecule has 2 rings (SSSR count). The number of nitriles is 1. The molecule has 0 atom stereocenters. The number of benzene rings is 2. The van der Waals surface area contributed by atoms with Crippen molar-refractivity contribution in [3.8, 4) is 11.8 Å². The molecular weight excluding hydrogens is 321 g/mol. The Hall–Kier alpha value is -2.78. The molecular formula is C16H13ClFN3O2. The second-order valence-corrected chi connectivity index (χ2v) is 4.87.